The second-order valence-corrected chi connectivity index (χ2v) is 7.39. The largest absolute Gasteiger partial charge is 0.342 e. The molecular weight excluding hydrogens is 276 g/mol. The standard InChI is InChI=1S/C17H32N4O/c1-19-9-4-15(5-10-19)21(13-8-18)16-6-11-20(12-7-16)17(22)14-2-3-14/h14-16H,2-13,18H2,1H3. The minimum absolute atomic E-state index is 0.366. The minimum Gasteiger partial charge on any atom is -0.342 e. The normalized spacial score (nSPS) is 25.9. The maximum absolute atomic E-state index is 12.2. The quantitative estimate of drug-likeness (QED) is 0.814. The van der Waals surface area contributed by atoms with Crippen LogP contribution in [-0.2, 0) is 4.79 Å². The molecule has 5 heteroatoms. The summed E-state index contributed by atoms with van der Waals surface area (Å²) < 4.78 is 0. The van der Waals surface area contributed by atoms with Crippen LogP contribution in [0, 0.1) is 5.92 Å². The van der Waals surface area contributed by atoms with Crippen molar-refractivity contribution in [2.24, 2.45) is 11.7 Å². The van der Waals surface area contributed by atoms with E-state index in [2.05, 4.69) is 21.7 Å². The van der Waals surface area contributed by atoms with Gasteiger partial charge in [-0.3, -0.25) is 9.69 Å². The lowest BCUT2D eigenvalue weighted by Gasteiger charge is -2.44. The van der Waals surface area contributed by atoms with E-state index >= 15 is 0 Å². The third-order valence-corrected chi connectivity index (χ3v) is 5.72. The predicted molar refractivity (Wildman–Crippen MR) is 88.6 cm³/mol. The highest BCUT2D eigenvalue weighted by molar-refractivity contribution is 5.81. The Morgan fingerprint density at radius 2 is 1.55 bits per heavy atom. The topological polar surface area (TPSA) is 52.8 Å². The number of hydrogen-bond acceptors (Lipinski definition) is 4. The molecule has 5 nitrogen and oxygen atoms in total. The van der Waals surface area contributed by atoms with Gasteiger partial charge in [-0.05, 0) is 58.7 Å². The zero-order valence-corrected chi connectivity index (χ0v) is 14.0. The van der Waals surface area contributed by atoms with Crippen molar-refractivity contribution in [3.8, 4) is 0 Å². The van der Waals surface area contributed by atoms with Gasteiger partial charge in [-0.1, -0.05) is 0 Å². The second-order valence-electron chi connectivity index (χ2n) is 7.39. The Labute approximate surface area is 134 Å². The molecule has 1 aliphatic carbocycles. The molecule has 0 bridgehead atoms. The van der Waals surface area contributed by atoms with Crippen LogP contribution < -0.4 is 5.73 Å². The van der Waals surface area contributed by atoms with Crippen LogP contribution >= 0.6 is 0 Å². The van der Waals surface area contributed by atoms with E-state index in [1.54, 1.807) is 0 Å². The molecule has 0 spiro atoms. The van der Waals surface area contributed by atoms with E-state index in [0.29, 0.717) is 23.9 Å². The molecule has 2 saturated heterocycles. The van der Waals surface area contributed by atoms with Crippen LogP contribution in [0.2, 0.25) is 0 Å². The van der Waals surface area contributed by atoms with Gasteiger partial charge in [0.05, 0.1) is 0 Å². The van der Waals surface area contributed by atoms with Crippen LogP contribution in [0.4, 0.5) is 0 Å². The lowest BCUT2D eigenvalue weighted by molar-refractivity contribution is -0.134. The zero-order valence-electron chi connectivity index (χ0n) is 14.0. The van der Waals surface area contributed by atoms with Crippen molar-refractivity contribution in [1.82, 2.24) is 14.7 Å². The highest BCUT2D eigenvalue weighted by Gasteiger charge is 2.36. The number of hydrogen-bond donors (Lipinski definition) is 1. The summed E-state index contributed by atoms with van der Waals surface area (Å²) in [6.45, 7) is 6.06. The summed E-state index contributed by atoms with van der Waals surface area (Å²) in [6, 6.07) is 1.32. The molecular formula is C17H32N4O. The number of rotatable bonds is 5. The van der Waals surface area contributed by atoms with Crippen LogP contribution in [-0.4, -0.2) is 79.0 Å². The second kappa shape index (κ2) is 7.28. The number of nitrogens with two attached hydrogens (primary N) is 1. The third-order valence-electron chi connectivity index (χ3n) is 5.72. The van der Waals surface area contributed by atoms with Gasteiger partial charge in [-0.15, -0.1) is 0 Å². The van der Waals surface area contributed by atoms with Gasteiger partial charge in [0.1, 0.15) is 0 Å². The van der Waals surface area contributed by atoms with Gasteiger partial charge in [-0.2, -0.15) is 0 Å². The molecule has 126 valence electrons. The van der Waals surface area contributed by atoms with Gasteiger partial charge in [0.25, 0.3) is 0 Å². The maximum Gasteiger partial charge on any atom is 0.225 e. The Bertz CT molecular complexity index is 369. The smallest absolute Gasteiger partial charge is 0.225 e. The molecule has 0 aromatic rings. The predicted octanol–water partition coefficient (Wildman–Crippen LogP) is 0.742. The average Bonchev–Trinajstić information content (AvgIpc) is 3.38. The van der Waals surface area contributed by atoms with Crippen LogP contribution in [0.3, 0.4) is 0 Å². The summed E-state index contributed by atoms with van der Waals surface area (Å²) in [5, 5.41) is 0. The summed E-state index contributed by atoms with van der Waals surface area (Å²) in [7, 11) is 2.21. The molecule has 1 amide bonds. The monoisotopic (exact) mass is 308 g/mol. The first-order valence-electron chi connectivity index (χ1n) is 9.12. The molecule has 0 aromatic carbocycles. The Balaban J connectivity index is 1.53. The van der Waals surface area contributed by atoms with E-state index in [-0.39, 0.29) is 0 Å². The van der Waals surface area contributed by atoms with Gasteiger partial charge in [0, 0.05) is 44.2 Å². The highest BCUT2D eigenvalue weighted by Crippen LogP contribution is 2.32. The van der Waals surface area contributed by atoms with Gasteiger partial charge in [0.15, 0.2) is 0 Å². The summed E-state index contributed by atoms with van der Waals surface area (Å²) in [4.78, 5) is 19.4. The summed E-state index contributed by atoms with van der Waals surface area (Å²) in [5.41, 5.74) is 5.88. The number of carbonyl (C=O) groups excluding carboxylic acids is 1. The molecule has 3 aliphatic rings. The molecule has 3 rings (SSSR count). The lowest BCUT2D eigenvalue weighted by atomic mass is 9.96. The van der Waals surface area contributed by atoms with E-state index in [4.69, 9.17) is 5.73 Å². The molecule has 0 radical (unpaired) electrons. The molecule has 2 heterocycles. The van der Waals surface area contributed by atoms with Crippen LogP contribution in [0.1, 0.15) is 38.5 Å². The highest BCUT2D eigenvalue weighted by atomic mass is 16.2. The van der Waals surface area contributed by atoms with Crippen molar-refractivity contribution in [2.75, 3.05) is 46.3 Å². The van der Waals surface area contributed by atoms with Crippen molar-refractivity contribution in [2.45, 2.75) is 50.6 Å². The van der Waals surface area contributed by atoms with Gasteiger partial charge < -0.3 is 15.5 Å². The zero-order chi connectivity index (χ0) is 15.5. The first kappa shape index (κ1) is 16.2. The summed E-state index contributed by atoms with van der Waals surface area (Å²) in [6.07, 6.45) is 7.02. The maximum atomic E-state index is 12.2. The SMILES string of the molecule is CN1CCC(N(CCN)C2CCN(C(=O)C3CC3)CC2)CC1. The summed E-state index contributed by atoms with van der Waals surface area (Å²) >= 11 is 0. The molecule has 3 fully saturated rings. The Kier molecular flexibility index (Phi) is 5.37. The molecule has 2 N–H and O–H groups in total. The number of piperidine rings is 2. The first-order valence-corrected chi connectivity index (χ1v) is 9.12. The molecule has 0 unspecified atom stereocenters. The fourth-order valence-corrected chi connectivity index (χ4v) is 4.15. The van der Waals surface area contributed by atoms with Crippen LogP contribution in [0.15, 0.2) is 0 Å². The molecule has 2 aliphatic heterocycles. The van der Waals surface area contributed by atoms with Gasteiger partial charge >= 0.3 is 0 Å². The van der Waals surface area contributed by atoms with Gasteiger partial charge in [-0.25, -0.2) is 0 Å². The summed E-state index contributed by atoms with van der Waals surface area (Å²) in [5.74, 6) is 0.786. The Morgan fingerprint density at radius 1 is 1.00 bits per heavy atom. The Hall–Kier alpha value is -0.650. The number of carbonyl (C=O) groups is 1. The molecule has 22 heavy (non-hydrogen) atoms. The number of likely N-dealkylation sites (tertiary alicyclic amines) is 2. The van der Waals surface area contributed by atoms with E-state index in [9.17, 15) is 4.79 Å². The van der Waals surface area contributed by atoms with Crippen LogP contribution in [0.5, 0.6) is 0 Å². The molecule has 0 atom stereocenters. The van der Waals surface area contributed by atoms with Crippen LogP contribution in [0.25, 0.3) is 0 Å². The Morgan fingerprint density at radius 3 is 2.05 bits per heavy atom. The fourth-order valence-electron chi connectivity index (χ4n) is 4.15. The van der Waals surface area contributed by atoms with Crippen molar-refractivity contribution < 1.29 is 4.79 Å². The van der Waals surface area contributed by atoms with E-state index in [1.165, 1.54) is 25.9 Å². The molecule has 1 saturated carbocycles. The number of nitrogens with zero attached hydrogens (tertiary/aromatic N) is 3. The van der Waals surface area contributed by atoms with Crippen molar-refractivity contribution in [3.05, 3.63) is 0 Å². The van der Waals surface area contributed by atoms with Crippen molar-refractivity contribution >= 4 is 5.91 Å². The van der Waals surface area contributed by atoms with Crippen molar-refractivity contribution in [3.63, 3.8) is 0 Å². The lowest BCUT2D eigenvalue weighted by Crippen LogP contribution is -2.54. The van der Waals surface area contributed by atoms with Crippen molar-refractivity contribution in [1.29, 1.82) is 0 Å². The minimum atomic E-state index is 0.366. The fraction of sp³-hybridized carbons (Fsp3) is 0.941. The average molecular weight is 308 g/mol. The number of amides is 1. The third kappa shape index (κ3) is 3.81. The van der Waals surface area contributed by atoms with E-state index in [0.717, 1.165) is 51.9 Å². The molecule has 0 aromatic heterocycles. The van der Waals surface area contributed by atoms with Gasteiger partial charge in [0.2, 0.25) is 5.91 Å². The first-order chi connectivity index (χ1) is 10.7. The van der Waals surface area contributed by atoms with E-state index < -0.39 is 0 Å². The van der Waals surface area contributed by atoms with E-state index in [1.807, 2.05) is 0 Å².